The highest BCUT2D eigenvalue weighted by molar-refractivity contribution is 6.06. The maximum absolute atomic E-state index is 13.6. The Bertz CT molecular complexity index is 1460. The van der Waals surface area contributed by atoms with E-state index in [4.69, 9.17) is 5.11 Å². The molecule has 0 aliphatic carbocycles. The zero-order chi connectivity index (χ0) is 27.6. The van der Waals surface area contributed by atoms with E-state index < -0.39 is 23.8 Å². The summed E-state index contributed by atoms with van der Waals surface area (Å²) in [4.78, 5) is 24.8. The van der Waals surface area contributed by atoms with Crippen molar-refractivity contribution < 1.29 is 27.9 Å². The van der Waals surface area contributed by atoms with Crippen LogP contribution < -0.4 is 5.32 Å². The molecule has 0 aliphatic rings. The van der Waals surface area contributed by atoms with Crippen LogP contribution in [0.2, 0.25) is 0 Å². The second-order valence-electron chi connectivity index (χ2n) is 9.73. The van der Waals surface area contributed by atoms with Crippen LogP contribution in [0.25, 0.3) is 10.9 Å². The number of carbonyl (C=O) groups is 2. The number of benzene rings is 3. The van der Waals surface area contributed by atoms with Crippen molar-refractivity contribution in [3.05, 3.63) is 100 Å². The average molecular weight is 524 g/mol. The van der Waals surface area contributed by atoms with Crippen molar-refractivity contribution in [2.75, 3.05) is 0 Å². The van der Waals surface area contributed by atoms with Crippen LogP contribution in [-0.4, -0.2) is 26.8 Å². The van der Waals surface area contributed by atoms with Crippen LogP contribution in [0.15, 0.2) is 66.7 Å². The monoisotopic (exact) mass is 523 g/mol. The lowest BCUT2D eigenvalue weighted by Gasteiger charge is -2.17. The smallest absolute Gasteiger partial charge is 0.416 e. The number of amides is 1. The lowest BCUT2D eigenvalue weighted by atomic mass is 9.98. The molecule has 0 saturated carbocycles. The molecule has 0 bridgehead atoms. The van der Waals surface area contributed by atoms with E-state index >= 15 is 0 Å². The third-order valence-corrected chi connectivity index (χ3v) is 6.29. The van der Waals surface area contributed by atoms with Crippen LogP contribution in [0.1, 0.15) is 69.9 Å². The zero-order valence-corrected chi connectivity index (χ0v) is 21.2. The summed E-state index contributed by atoms with van der Waals surface area (Å²) >= 11 is 0. The molecule has 6 nitrogen and oxygen atoms in total. The van der Waals surface area contributed by atoms with Crippen molar-refractivity contribution in [2.24, 2.45) is 5.92 Å². The molecule has 2 N–H and O–H groups in total. The van der Waals surface area contributed by atoms with Gasteiger partial charge in [-0.05, 0) is 66.3 Å². The molecular formula is C29H28F3N3O3. The number of carboxylic acids is 1. The number of nitrogens with one attached hydrogen (secondary N) is 1. The van der Waals surface area contributed by atoms with Gasteiger partial charge in [0.2, 0.25) is 0 Å². The second-order valence-corrected chi connectivity index (χ2v) is 9.73. The summed E-state index contributed by atoms with van der Waals surface area (Å²) in [5, 5.41) is 17.5. The molecule has 1 atom stereocenters. The predicted molar refractivity (Wildman–Crippen MR) is 138 cm³/mol. The van der Waals surface area contributed by atoms with E-state index in [-0.39, 0.29) is 17.4 Å². The first-order chi connectivity index (χ1) is 17.9. The highest BCUT2D eigenvalue weighted by Crippen LogP contribution is 2.31. The predicted octanol–water partition coefficient (Wildman–Crippen LogP) is 6.49. The number of carboxylic acid groups (broad SMARTS) is 1. The van der Waals surface area contributed by atoms with E-state index in [1.165, 1.54) is 24.3 Å². The topological polar surface area (TPSA) is 84.2 Å². The summed E-state index contributed by atoms with van der Waals surface area (Å²) in [6, 6.07) is 16.4. The van der Waals surface area contributed by atoms with Gasteiger partial charge >= 0.3 is 12.1 Å². The summed E-state index contributed by atoms with van der Waals surface area (Å²) in [5.74, 6) is -1.17. The molecule has 0 aliphatic heterocycles. The Hall–Kier alpha value is -4.14. The fourth-order valence-electron chi connectivity index (χ4n) is 4.40. The summed E-state index contributed by atoms with van der Waals surface area (Å²) in [7, 11) is 0. The van der Waals surface area contributed by atoms with Crippen LogP contribution in [0.4, 0.5) is 13.2 Å². The van der Waals surface area contributed by atoms with Crippen molar-refractivity contribution in [3.8, 4) is 0 Å². The van der Waals surface area contributed by atoms with Gasteiger partial charge in [0.05, 0.1) is 22.7 Å². The Labute approximate surface area is 218 Å². The minimum absolute atomic E-state index is 0.154. The van der Waals surface area contributed by atoms with E-state index in [0.717, 1.165) is 23.3 Å². The van der Waals surface area contributed by atoms with E-state index in [0.29, 0.717) is 35.1 Å². The molecule has 4 rings (SSSR count). The van der Waals surface area contributed by atoms with Crippen molar-refractivity contribution in [1.29, 1.82) is 0 Å². The van der Waals surface area contributed by atoms with Crippen molar-refractivity contribution >= 4 is 22.8 Å². The van der Waals surface area contributed by atoms with Gasteiger partial charge in [0, 0.05) is 11.9 Å². The first-order valence-electron chi connectivity index (χ1n) is 12.2. The molecule has 4 aromatic rings. The number of hydrogen-bond donors (Lipinski definition) is 2. The number of rotatable bonds is 8. The average Bonchev–Trinajstić information content (AvgIpc) is 3.22. The Kier molecular flexibility index (Phi) is 7.57. The van der Waals surface area contributed by atoms with Crippen LogP contribution in [0.5, 0.6) is 0 Å². The van der Waals surface area contributed by atoms with E-state index in [1.54, 1.807) is 16.8 Å². The largest absolute Gasteiger partial charge is 0.478 e. The number of fused-ring (bicyclic) bond motifs is 1. The van der Waals surface area contributed by atoms with Crippen LogP contribution in [0, 0.1) is 5.92 Å². The van der Waals surface area contributed by atoms with Gasteiger partial charge in [0.1, 0.15) is 5.69 Å². The summed E-state index contributed by atoms with van der Waals surface area (Å²) in [5.41, 5.74) is 2.65. The van der Waals surface area contributed by atoms with E-state index in [2.05, 4.69) is 10.4 Å². The van der Waals surface area contributed by atoms with Gasteiger partial charge in [0.15, 0.2) is 0 Å². The van der Waals surface area contributed by atoms with Gasteiger partial charge in [-0.25, -0.2) is 4.79 Å². The van der Waals surface area contributed by atoms with E-state index in [1.807, 2.05) is 39.0 Å². The Morgan fingerprint density at radius 2 is 1.63 bits per heavy atom. The quantitative estimate of drug-likeness (QED) is 0.277. The fourth-order valence-corrected chi connectivity index (χ4v) is 4.40. The third-order valence-electron chi connectivity index (χ3n) is 6.29. The van der Waals surface area contributed by atoms with E-state index in [9.17, 15) is 22.8 Å². The normalized spacial score (nSPS) is 12.6. The highest BCUT2D eigenvalue weighted by atomic mass is 19.4. The van der Waals surface area contributed by atoms with Crippen molar-refractivity contribution in [3.63, 3.8) is 0 Å². The minimum atomic E-state index is -4.41. The van der Waals surface area contributed by atoms with Gasteiger partial charge in [-0.1, -0.05) is 50.2 Å². The molecule has 0 fully saturated rings. The number of aromatic nitrogens is 2. The molecule has 1 unspecified atom stereocenters. The molecule has 1 heterocycles. The molecule has 1 amide bonds. The molecule has 1 aromatic heterocycles. The number of carbonyl (C=O) groups excluding carboxylic acids is 1. The van der Waals surface area contributed by atoms with Crippen LogP contribution in [-0.2, 0) is 19.1 Å². The number of aromatic carboxylic acids is 1. The summed E-state index contributed by atoms with van der Waals surface area (Å²) < 4.78 is 40.7. The number of halogens is 3. The molecule has 0 radical (unpaired) electrons. The maximum Gasteiger partial charge on any atom is 0.416 e. The van der Waals surface area contributed by atoms with Gasteiger partial charge in [-0.2, -0.15) is 18.3 Å². The zero-order valence-electron chi connectivity index (χ0n) is 21.2. The molecule has 9 heteroatoms. The SMILES string of the molecule is CC(C)Cn1nc2cccc(Cc3ccc(C(F)(F)F)cc3)c2c1C(=O)NC(C)c1ccc(C(=O)O)cc1. The number of nitrogens with zero attached hydrogens (tertiary/aromatic N) is 2. The Morgan fingerprint density at radius 3 is 2.21 bits per heavy atom. The molecule has 0 spiro atoms. The molecule has 38 heavy (non-hydrogen) atoms. The van der Waals surface area contributed by atoms with Crippen LogP contribution >= 0.6 is 0 Å². The second kappa shape index (κ2) is 10.7. The molecule has 198 valence electrons. The minimum Gasteiger partial charge on any atom is -0.478 e. The standard InChI is InChI=1S/C29H28F3N3O3/c1-17(2)16-35-26(27(36)33-18(3)20-9-11-21(12-10-20)28(37)38)25-22(5-4-6-24(25)34-35)15-19-7-13-23(14-8-19)29(30,31)32/h4-14,17-18H,15-16H2,1-3H3,(H,33,36)(H,37,38). The van der Waals surface area contributed by atoms with Gasteiger partial charge in [-0.3, -0.25) is 9.48 Å². The van der Waals surface area contributed by atoms with Crippen LogP contribution in [0.3, 0.4) is 0 Å². The Balaban J connectivity index is 1.70. The number of alkyl halides is 3. The molecule has 3 aromatic carbocycles. The first-order valence-corrected chi connectivity index (χ1v) is 12.2. The van der Waals surface area contributed by atoms with Gasteiger partial charge < -0.3 is 10.4 Å². The summed E-state index contributed by atoms with van der Waals surface area (Å²) in [6.45, 7) is 6.34. The maximum atomic E-state index is 13.6. The summed E-state index contributed by atoms with van der Waals surface area (Å²) in [6.07, 6.45) is -4.08. The highest BCUT2D eigenvalue weighted by Gasteiger charge is 2.30. The lowest BCUT2D eigenvalue weighted by molar-refractivity contribution is -0.137. The lowest BCUT2D eigenvalue weighted by Crippen LogP contribution is -2.29. The van der Waals surface area contributed by atoms with Crippen molar-refractivity contribution in [1.82, 2.24) is 15.1 Å². The fraction of sp³-hybridized carbons (Fsp3) is 0.276. The van der Waals surface area contributed by atoms with Gasteiger partial charge in [-0.15, -0.1) is 0 Å². The molecule has 0 saturated heterocycles. The first kappa shape index (κ1) is 26.9. The van der Waals surface area contributed by atoms with Crippen molar-refractivity contribution in [2.45, 2.75) is 46.0 Å². The molecular weight excluding hydrogens is 495 g/mol. The number of hydrogen-bond acceptors (Lipinski definition) is 3. The third kappa shape index (κ3) is 5.88. The van der Waals surface area contributed by atoms with Gasteiger partial charge in [0.25, 0.3) is 5.91 Å². The Morgan fingerprint density at radius 1 is 0.974 bits per heavy atom.